The second kappa shape index (κ2) is 14.5. The molecular formula is C46H54Cl2N2P2. The fraction of sp³-hybridized carbons (Fsp3) is 0.478. The molecule has 8 aliphatic carbocycles. The van der Waals surface area contributed by atoms with Crippen LogP contribution in [0.25, 0.3) is 0 Å². The fourth-order valence-corrected chi connectivity index (χ4v) is 24.2. The highest BCUT2D eigenvalue weighted by atomic mass is 35.5. The van der Waals surface area contributed by atoms with Crippen LogP contribution in [-0.2, 0) is 0 Å². The Morgan fingerprint density at radius 1 is 0.404 bits per heavy atom. The van der Waals surface area contributed by atoms with Crippen molar-refractivity contribution in [3.63, 3.8) is 0 Å². The molecule has 52 heavy (non-hydrogen) atoms. The zero-order chi connectivity index (χ0) is 35.2. The van der Waals surface area contributed by atoms with E-state index < -0.39 is 14.1 Å². The predicted octanol–water partition coefficient (Wildman–Crippen LogP) is 12.0. The minimum atomic E-state index is -2.33. The maximum Gasteiger partial charge on any atom is 0.0967 e. The molecule has 6 heteroatoms. The summed E-state index contributed by atoms with van der Waals surface area (Å²) in [5.41, 5.74) is 0.190. The summed E-state index contributed by atoms with van der Waals surface area (Å²) in [4.78, 5) is 0. The van der Waals surface area contributed by atoms with Crippen molar-refractivity contribution >= 4 is 58.5 Å². The van der Waals surface area contributed by atoms with Crippen LogP contribution >= 0.6 is 37.3 Å². The van der Waals surface area contributed by atoms with Gasteiger partial charge in [0.05, 0.1) is 16.4 Å². The zero-order valence-electron chi connectivity index (χ0n) is 30.5. The van der Waals surface area contributed by atoms with E-state index in [1.165, 1.54) is 98.3 Å². The van der Waals surface area contributed by atoms with Crippen LogP contribution in [0, 0.1) is 35.5 Å². The lowest BCUT2D eigenvalue weighted by atomic mass is 9.53. The first kappa shape index (κ1) is 35.6. The molecule has 8 bridgehead atoms. The highest BCUT2D eigenvalue weighted by molar-refractivity contribution is 7.96. The van der Waals surface area contributed by atoms with Gasteiger partial charge in [-0.2, -0.15) is 0 Å². The zero-order valence-corrected chi connectivity index (χ0v) is 33.8. The van der Waals surface area contributed by atoms with Gasteiger partial charge >= 0.3 is 0 Å². The van der Waals surface area contributed by atoms with Crippen LogP contribution in [0.5, 0.6) is 0 Å². The number of nitrogens with zero attached hydrogens (tertiary/aromatic N) is 2. The number of benzene rings is 4. The molecule has 0 heterocycles. The van der Waals surface area contributed by atoms with Crippen molar-refractivity contribution in [2.45, 2.75) is 88.1 Å². The number of hydrogen-bond donors (Lipinski definition) is 0. The SMILES string of the molecule is ClCCl.c1ccc(P(CP(=NC23CC4CC(CC(C4)C2)C3)(c2ccccc2)c2ccccc2)(=NC23CC4CC(CC(C4)C2)C3)c2ccccc2)cc1. The Morgan fingerprint density at radius 3 is 0.827 bits per heavy atom. The van der Waals surface area contributed by atoms with Crippen LogP contribution in [-0.4, -0.2) is 22.3 Å². The quantitative estimate of drug-likeness (QED) is 0.126. The van der Waals surface area contributed by atoms with Crippen LogP contribution in [0.1, 0.15) is 77.0 Å². The van der Waals surface area contributed by atoms with Crippen molar-refractivity contribution in [3.05, 3.63) is 121 Å². The molecule has 0 amide bonds. The monoisotopic (exact) mass is 766 g/mol. The Hall–Kier alpha value is -2.08. The van der Waals surface area contributed by atoms with E-state index in [0.29, 0.717) is 0 Å². The number of rotatable bonds is 8. The number of hydrogen-bond acceptors (Lipinski definition) is 2. The molecule has 0 radical (unpaired) electrons. The molecule has 8 saturated carbocycles. The predicted molar refractivity (Wildman–Crippen MR) is 226 cm³/mol. The van der Waals surface area contributed by atoms with Crippen LogP contribution < -0.4 is 21.2 Å². The van der Waals surface area contributed by atoms with Crippen molar-refractivity contribution in [2.75, 3.05) is 11.2 Å². The minimum Gasteiger partial charge on any atom is -0.287 e. The standard InChI is InChI=1S/C45H52N2P2.CH2Cl2/c1-5-13-40(14-6-1)48(41-15-7-2-8-16-41,46-44-27-34-21-35(28-44)23-36(22-34)29-44)33-49(42-17-9-3-10-18-42,43-19-11-4-12-20-43)47-45-30-37-24-38(31-45)26-39(25-37)32-45;2-1-3/h1-20,34-39H,21-33H2;1H2. The third kappa shape index (κ3) is 6.65. The van der Waals surface area contributed by atoms with Gasteiger partial charge in [-0.3, -0.25) is 9.49 Å². The lowest BCUT2D eigenvalue weighted by Crippen LogP contribution is -2.50. The maximum absolute atomic E-state index is 6.65. The van der Waals surface area contributed by atoms with E-state index in [0.717, 1.165) is 41.4 Å². The Morgan fingerprint density at radius 2 is 0.615 bits per heavy atom. The topological polar surface area (TPSA) is 24.7 Å². The van der Waals surface area contributed by atoms with E-state index >= 15 is 0 Å². The Bertz CT molecular complexity index is 1650. The van der Waals surface area contributed by atoms with E-state index in [9.17, 15) is 0 Å². The van der Waals surface area contributed by atoms with Crippen LogP contribution in [0.4, 0.5) is 0 Å². The summed E-state index contributed by atoms with van der Waals surface area (Å²) in [5.74, 6) is 6.22. The molecule has 8 fully saturated rings. The Kier molecular flexibility index (Phi) is 9.95. The summed E-state index contributed by atoms with van der Waals surface area (Å²) in [5, 5.41) is 6.06. The highest BCUT2D eigenvalue weighted by Gasteiger charge is 2.54. The van der Waals surface area contributed by atoms with Crippen LogP contribution in [0.15, 0.2) is 131 Å². The van der Waals surface area contributed by atoms with Crippen molar-refractivity contribution in [2.24, 2.45) is 45.0 Å². The molecule has 0 N–H and O–H groups in total. The molecule has 272 valence electrons. The van der Waals surface area contributed by atoms with Crippen molar-refractivity contribution in [1.82, 2.24) is 0 Å². The fourth-order valence-electron chi connectivity index (χ4n) is 13.0. The Balaban J connectivity index is 0.00000116. The van der Waals surface area contributed by atoms with Gasteiger partial charge in [0, 0.05) is 20.0 Å². The van der Waals surface area contributed by atoms with Gasteiger partial charge in [0.25, 0.3) is 0 Å². The van der Waals surface area contributed by atoms with Crippen molar-refractivity contribution in [3.8, 4) is 0 Å². The molecule has 0 aliphatic heterocycles. The first-order chi connectivity index (χ1) is 25.4. The van der Waals surface area contributed by atoms with E-state index in [-0.39, 0.29) is 16.4 Å². The average Bonchev–Trinajstić information content (AvgIpc) is 3.15. The summed E-state index contributed by atoms with van der Waals surface area (Å²) in [6, 6.07) is 46.9. The normalized spacial score (nSPS) is 32.6. The third-order valence-corrected chi connectivity index (χ3v) is 23.3. The smallest absolute Gasteiger partial charge is 0.0967 e. The van der Waals surface area contributed by atoms with Crippen molar-refractivity contribution < 1.29 is 0 Å². The lowest BCUT2D eigenvalue weighted by Gasteiger charge is -2.57. The van der Waals surface area contributed by atoms with Gasteiger partial charge in [-0.1, -0.05) is 121 Å². The van der Waals surface area contributed by atoms with Gasteiger partial charge < -0.3 is 0 Å². The van der Waals surface area contributed by atoms with E-state index in [1.54, 1.807) is 0 Å². The van der Waals surface area contributed by atoms with Crippen LogP contribution in [0.2, 0.25) is 0 Å². The molecule has 0 spiro atoms. The molecule has 4 aromatic carbocycles. The Labute approximate surface area is 322 Å². The molecule has 0 atom stereocenters. The molecule has 4 aromatic rings. The van der Waals surface area contributed by atoms with Gasteiger partial charge in [0.2, 0.25) is 0 Å². The van der Waals surface area contributed by atoms with Gasteiger partial charge in [-0.05, 0) is 134 Å². The molecule has 12 rings (SSSR count). The molecule has 8 aliphatic rings. The van der Waals surface area contributed by atoms with Gasteiger partial charge in [0.15, 0.2) is 0 Å². The van der Waals surface area contributed by atoms with Gasteiger partial charge in [-0.15, -0.1) is 23.2 Å². The lowest BCUT2D eigenvalue weighted by molar-refractivity contribution is 0.00250. The maximum atomic E-state index is 6.65. The largest absolute Gasteiger partial charge is 0.287 e. The van der Waals surface area contributed by atoms with Gasteiger partial charge in [0.1, 0.15) is 0 Å². The van der Waals surface area contributed by atoms with Gasteiger partial charge in [-0.25, -0.2) is 0 Å². The van der Waals surface area contributed by atoms with Crippen LogP contribution in [0.3, 0.4) is 0 Å². The third-order valence-electron chi connectivity index (χ3n) is 13.9. The number of alkyl halides is 2. The molecule has 2 nitrogen and oxygen atoms in total. The average molecular weight is 768 g/mol. The summed E-state index contributed by atoms with van der Waals surface area (Å²) in [6.45, 7) is 0. The van der Waals surface area contributed by atoms with E-state index in [4.69, 9.17) is 32.7 Å². The molecule has 0 unspecified atom stereocenters. The molecular weight excluding hydrogens is 713 g/mol. The number of halogens is 2. The summed E-state index contributed by atoms with van der Waals surface area (Å²) < 4.78 is 13.3. The first-order valence-electron chi connectivity index (χ1n) is 20.0. The first-order valence-corrected chi connectivity index (χ1v) is 24.9. The second-order valence-electron chi connectivity index (χ2n) is 17.6. The molecule has 0 saturated heterocycles. The summed E-state index contributed by atoms with van der Waals surface area (Å²) >= 11 is 9.53. The molecule has 0 aromatic heterocycles. The van der Waals surface area contributed by atoms with E-state index in [1.807, 2.05) is 0 Å². The second-order valence-corrected chi connectivity index (χ2v) is 25.1. The van der Waals surface area contributed by atoms with Crippen molar-refractivity contribution in [1.29, 1.82) is 0 Å². The minimum absolute atomic E-state index is 0.0952. The summed E-state index contributed by atoms with van der Waals surface area (Å²) in [6.07, 6.45) is 16.5. The van der Waals surface area contributed by atoms with E-state index in [2.05, 4.69) is 121 Å². The highest BCUT2D eigenvalue weighted by Crippen LogP contribution is 2.69. The summed E-state index contributed by atoms with van der Waals surface area (Å²) in [7, 11) is -4.66.